The minimum atomic E-state index is 0.0400. The number of amides is 1. The van der Waals surface area contributed by atoms with Crippen molar-refractivity contribution in [3.05, 3.63) is 71.4 Å². The molecule has 1 aromatic heterocycles. The summed E-state index contributed by atoms with van der Waals surface area (Å²) in [5.74, 6) is 1.51. The monoisotopic (exact) mass is 420 g/mol. The summed E-state index contributed by atoms with van der Waals surface area (Å²) in [6.07, 6.45) is 1.73. The standard InChI is InChI=1S/C25H32N4O2/c1-5-22-21(15-16-24(30)26-17-18-28(3)4)25(31-23-14-10-9-11-19(23)2)29(27-22)20-12-7-6-8-13-20/h6-14H,5,15-18H2,1-4H3,(H,26,30). The number of aromatic nitrogens is 2. The van der Waals surface area contributed by atoms with Gasteiger partial charge in [0.05, 0.1) is 11.4 Å². The van der Waals surface area contributed by atoms with Crippen molar-refractivity contribution >= 4 is 5.91 Å². The molecule has 1 N–H and O–H groups in total. The van der Waals surface area contributed by atoms with Crippen molar-refractivity contribution in [1.29, 1.82) is 0 Å². The highest BCUT2D eigenvalue weighted by Crippen LogP contribution is 2.33. The Kier molecular flexibility index (Phi) is 7.84. The molecule has 3 rings (SSSR count). The lowest BCUT2D eigenvalue weighted by Crippen LogP contribution is -2.31. The Bertz CT molecular complexity index is 996. The van der Waals surface area contributed by atoms with Crippen LogP contribution in [0.3, 0.4) is 0 Å². The fraction of sp³-hybridized carbons (Fsp3) is 0.360. The maximum absolute atomic E-state index is 12.4. The van der Waals surface area contributed by atoms with E-state index in [1.807, 2.05) is 85.2 Å². The van der Waals surface area contributed by atoms with E-state index in [0.29, 0.717) is 25.3 Å². The molecule has 2 aromatic carbocycles. The van der Waals surface area contributed by atoms with E-state index in [-0.39, 0.29) is 5.91 Å². The fourth-order valence-electron chi connectivity index (χ4n) is 3.38. The molecule has 0 unspecified atom stereocenters. The highest BCUT2D eigenvalue weighted by atomic mass is 16.5. The van der Waals surface area contributed by atoms with Gasteiger partial charge in [0.15, 0.2) is 0 Å². The zero-order valence-corrected chi connectivity index (χ0v) is 18.9. The van der Waals surface area contributed by atoms with Crippen LogP contribution in [-0.2, 0) is 17.6 Å². The molecule has 0 aliphatic rings. The first-order valence-electron chi connectivity index (χ1n) is 10.8. The van der Waals surface area contributed by atoms with Crippen molar-refractivity contribution in [2.24, 2.45) is 0 Å². The predicted molar refractivity (Wildman–Crippen MR) is 124 cm³/mol. The third-order valence-electron chi connectivity index (χ3n) is 5.14. The van der Waals surface area contributed by atoms with E-state index in [0.717, 1.165) is 41.2 Å². The summed E-state index contributed by atoms with van der Waals surface area (Å²) in [5, 5.41) is 7.83. The lowest BCUT2D eigenvalue weighted by molar-refractivity contribution is -0.121. The topological polar surface area (TPSA) is 59.4 Å². The van der Waals surface area contributed by atoms with E-state index in [1.54, 1.807) is 0 Å². The minimum Gasteiger partial charge on any atom is -0.438 e. The second-order valence-corrected chi connectivity index (χ2v) is 7.85. The number of aryl methyl sites for hydroxylation is 2. The van der Waals surface area contributed by atoms with Gasteiger partial charge in [-0.3, -0.25) is 4.79 Å². The summed E-state index contributed by atoms with van der Waals surface area (Å²) in [6, 6.07) is 17.9. The van der Waals surface area contributed by atoms with Gasteiger partial charge < -0.3 is 15.0 Å². The molecule has 6 heteroatoms. The number of hydrogen-bond donors (Lipinski definition) is 1. The number of carbonyl (C=O) groups excluding carboxylic acids is 1. The van der Waals surface area contributed by atoms with Crippen LogP contribution in [0.15, 0.2) is 54.6 Å². The van der Waals surface area contributed by atoms with Crippen LogP contribution in [0.5, 0.6) is 11.6 Å². The molecule has 3 aromatic rings. The van der Waals surface area contributed by atoms with Crippen LogP contribution in [0, 0.1) is 6.92 Å². The number of ether oxygens (including phenoxy) is 1. The van der Waals surface area contributed by atoms with Crippen molar-refractivity contribution < 1.29 is 9.53 Å². The summed E-state index contributed by atoms with van der Waals surface area (Å²) in [4.78, 5) is 14.4. The summed E-state index contributed by atoms with van der Waals surface area (Å²) >= 11 is 0. The zero-order valence-electron chi connectivity index (χ0n) is 18.9. The third-order valence-corrected chi connectivity index (χ3v) is 5.14. The maximum atomic E-state index is 12.4. The molecule has 0 saturated heterocycles. The molecule has 164 valence electrons. The summed E-state index contributed by atoms with van der Waals surface area (Å²) in [6.45, 7) is 5.56. The van der Waals surface area contributed by atoms with E-state index in [2.05, 4.69) is 12.2 Å². The number of para-hydroxylation sites is 2. The SMILES string of the molecule is CCc1nn(-c2ccccc2)c(Oc2ccccc2C)c1CCC(=O)NCCN(C)C. The number of nitrogens with zero attached hydrogens (tertiary/aromatic N) is 3. The lowest BCUT2D eigenvalue weighted by Gasteiger charge is -2.13. The van der Waals surface area contributed by atoms with E-state index in [1.165, 1.54) is 0 Å². The number of carbonyl (C=O) groups is 1. The van der Waals surface area contributed by atoms with Gasteiger partial charge in [-0.1, -0.05) is 43.3 Å². The number of nitrogens with one attached hydrogen (secondary N) is 1. The Balaban J connectivity index is 1.90. The predicted octanol–water partition coefficient (Wildman–Crippen LogP) is 4.15. The van der Waals surface area contributed by atoms with Gasteiger partial charge in [-0.05, 0) is 57.6 Å². The lowest BCUT2D eigenvalue weighted by atomic mass is 10.1. The molecule has 0 fully saturated rings. The molecule has 0 aliphatic carbocycles. The number of hydrogen-bond acceptors (Lipinski definition) is 4. The van der Waals surface area contributed by atoms with Crippen molar-refractivity contribution in [1.82, 2.24) is 20.0 Å². The Morgan fingerprint density at radius 2 is 1.81 bits per heavy atom. The number of benzene rings is 2. The largest absolute Gasteiger partial charge is 0.438 e. The molecule has 0 radical (unpaired) electrons. The van der Waals surface area contributed by atoms with Gasteiger partial charge in [-0.25, -0.2) is 4.68 Å². The molecule has 1 heterocycles. The molecule has 6 nitrogen and oxygen atoms in total. The molecule has 0 aliphatic heterocycles. The van der Waals surface area contributed by atoms with Crippen LogP contribution in [0.25, 0.3) is 5.69 Å². The second-order valence-electron chi connectivity index (χ2n) is 7.85. The number of likely N-dealkylation sites (N-methyl/N-ethyl adjacent to an activating group) is 1. The van der Waals surface area contributed by atoms with Crippen molar-refractivity contribution in [2.45, 2.75) is 33.1 Å². The second kappa shape index (κ2) is 10.8. The van der Waals surface area contributed by atoms with Crippen LogP contribution in [-0.4, -0.2) is 47.8 Å². The van der Waals surface area contributed by atoms with Crippen molar-refractivity contribution in [2.75, 3.05) is 27.2 Å². The quantitative estimate of drug-likeness (QED) is 0.535. The van der Waals surface area contributed by atoms with Gasteiger partial charge >= 0.3 is 0 Å². The van der Waals surface area contributed by atoms with Gasteiger partial charge in [-0.15, -0.1) is 0 Å². The molecular formula is C25H32N4O2. The zero-order chi connectivity index (χ0) is 22.2. The maximum Gasteiger partial charge on any atom is 0.226 e. The van der Waals surface area contributed by atoms with Crippen molar-refractivity contribution in [3.8, 4) is 17.3 Å². The Hall–Kier alpha value is -3.12. The Labute approximate surface area is 184 Å². The van der Waals surface area contributed by atoms with Gasteiger partial charge in [0, 0.05) is 25.1 Å². The van der Waals surface area contributed by atoms with Gasteiger partial charge in [-0.2, -0.15) is 5.10 Å². The fourth-order valence-corrected chi connectivity index (χ4v) is 3.38. The Morgan fingerprint density at radius 1 is 1.10 bits per heavy atom. The molecule has 1 amide bonds. The third kappa shape index (κ3) is 5.95. The molecule has 0 bridgehead atoms. The highest BCUT2D eigenvalue weighted by Gasteiger charge is 2.21. The summed E-state index contributed by atoms with van der Waals surface area (Å²) < 4.78 is 8.27. The smallest absolute Gasteiger partial charge is 0.226 e. The van der Waals surface area contributed by atoms with Gasteiger partial charge in [0.1, 0.15) is 5.75 Å². The van der Waals surface area contributed by atoms with Crippen LogP contribution >= 0.6 is 0 Å². The van der Waals surface area contributed by atoms with Gasteiger partial charge in [0.25, 0.3) is 0 Å². The molecule has 0 atom stereocenters. The molecule has 31 heavy (non-hydrogen) atoms. The van der Waals surface area contributed by atoms with E-state index < -0.39 is 0 Å². The average molecular weight is 421 g/mol. The van der Waals surface area contributed by atoms with E-state index in [4.69, 9.17) is 9.84 Å². The van der Waals surface area contributed by atoms with E-state index >= 15 is 0 Å². The summed E-state index contributed by atoms with van der Waals surface area (Å²) in [7, 11) is 3.99. The number of rotatable bonds is 10. The normalized spacial score (nSPS) is 11.0. The Morgan fingerprint density at radius 3 is 2.48 bits per heavy atom. The highest BCUT2D eigenvalue weighted by molar-refractivity contribution is 5.76. The first-order valence-corrected chi connectivity index (χ1v) is 10.8. The van der Waals surface area contributed by atoms with Crippen LogP contribution in [0.4, 0.5) is 0 Å². The molecule has 0 spiro atoms. The van der Waals surface area contributed by atoms with Crippen LogP contribution < -0.4 is 10.1 Å². The van der Waals surface area contributed by atoms with Crippen LogP contribution in [0.2, 0.25) is 0 Å². The minimum absolute atomic E-state index is 0.0400. The van der Waals surface area contributed by atoms with Gasteiger partial charge in [0.2, 0.25) is 11.8 Å². The van der Waals surface area contributed by atoms with Crippen molar-refractivity contribution in [3.63, 3.8) is 0 Å². The molecule has 0 saturated carbocycles. The van der Waals surface area contributed by atoms with E-state index in [9.17, 15) is 4.79 Å². The first-order chi connectivity index (χ1) is 15.0. The van der Waals surface area contributed by atoms with Crippen LogP contribution in [0.1, 0.15) is 30.2 Å². The first kappa shape index (κ1) is 22.6. The summed E-state index contributed by atoms with van der Waals surface area (Å²) in [5.41, 5.74) is 3.92. The molecular weight excluding hydrogens is 388 g/mol. The average Bonchev–Trinajstić information content (AvgIpc) is 3.11.